The van der Waals surface area contributed by atoms with Crippen molar-refractivity contribution in [2.45, 2.75) is 18.6 Å². The van der Waals surface area contributed by atoms with Crippen molar-refractivity contribution >= 4 is 9.84 Å². The van der Waals surface area contributed by atoms with Crippen molar-refractivity contribution in [1.82, 2.24) is 0 Å². The van der Waals surface area contributed by atoms with Crippen molar-refractivity contribution in [3.63, 3.8) is 0 Å². The number of sulfone groups is 1. The fourth-order valence-corrected chi connectivity index (χ4v) is 0.249. The number of nitriles is 1. The Morgan fingerprint density at radius 1 is 1.44 bits per heavy atom. The Balaban J connectivity index is 4.85. The molecule has 0 N–H and O–H groups in total. The van der Waals surface area contributed by atoms with Gasteiger partial charge in [0.25, 0.3) is 0 Å². The SMILES string of the molecule is CC(C)(C#N)S(C)(=O)=O. The lowest BCUT2D eigenvalue weighted by atomic mass is 10.2. The molecule has 0 atom stereocenters. The molecule has 0 heterocycles. The molecule has 0 aromatic rings. The van der Waals surface area contributed by atoms with Gasteiger partial charge in [0.1, 0.15) is 0 Å². The summed E-state index contributed by atoms with van der Waals surface area (Å²) in [7, 11) is -3.21. The second-order valence-corrected chi connectivity index (χ2v) is 4.96. The highest BCUT2D eigenvalue weighted by Crippen LogP contribution is 2.11. The zero-order valence-corrected chi connectivity index (χ0v) is 6.49. The maximum atomic E-state index is 10.7. The normalized spacial score (nSPS) is 12.7. The number of rotatable bonds is 1. The van der Waals surface area contributed by atoms with Crippen LogP contribution in [-0.4, -0.2) is 19.4 Å². The molecule has 0 bridgehead atoms. The highest BCUT2D eigenvalue weighted by molar-refractivity contribution is 7.92. The van der Waals surface area contributed by atoms with Gasteiger partial charge in [0.2, 0.25) is 0 Å². The van der Waals surface area contributed by atoms with Gasteiger partial charge >= 0.3 is 0 Å². The van der Waals surface area contributed by atoms with E-state index in [1.54, 1.807) is 6.07 Å². The van der Waals surface area contributed by atoms with Gasteiger partial charge in [-0.25, -0.2) is 8.42 Å². The Kier molecular flexibility index (Phi) is 1.87. The first-order valence-corrected chi connectivity index (χ1v) is 4.31. The topological polar surface area (TPSA) is 57.9 Å². The van der Waals surface area contributed by atoms with E-state index in [4.69, 9.17) is 5.26 Å². The highest BCUT2D eigenvalue weighted by atomic mass is 32.2. The van der Waals surface area contributed by atoms with E-state index in [2.05, 4.69) is 0 Å². The minimum absolute atomic E-state index is 1.05. The summed E-state index contributed by atoms with van der Waals surface area (Å²) in [5, 5.41) is 8.30. The van der Waals surface area contributed by atoms with E-state index in [9.17, 15) is 8.42 Å². The number of hydrogen-bond acceptors (Lipinski definition) is 3. The Morgan fingerprint density at radius 3 is 1.78 bits per heavy atom. The van der Waals surface area contributed by atoms with E-state index in [0.717, 1.165) is 6.26 Å². The largest absolute Gasteiger partial charge is 0.227 e. The molecule has 0 radical (unpaired) electrons. The van der Waals surface area contributed by atoms with Crippen LogP contribution in [0.4, 0.5) is 0 Å². The van der Waals surface area contributed by atoms with Gasteiger partial charge in [0, 0.05) is 6.26 Å². The zero-order chi connectivity index (χ0) is 7.71. The molecule has 0 unspecified atom stereocenters. The van der Waals surface area contributed by atoms with Crippen LogP contribution in [0.3, 0.4) is 0 Å². The van der Waals surface area contributed by atoms with E-state index in [-0.39, 0.29) is 0 Å². The van der Waals surface area contributed by atoms with Crippen LogP contribution >= 0.6 is 0 Å². The van der Waals surface area contributed by atoms with Crippen LogP contribution < -0.4 is 0 Å². The van der Waals surface area contributed by atoms with Crippen molar-refractivity contribution in [1.29, 1.82) is 5.26 Å². The lowest BCUT2D eigenvalue weighted by Gasteiger charge is -2.10. The Labute approximate surface area is 55.2 Å². The standard InChI is InChI=1S/C5H9NO2S/c1-5(2,4-6)9(3,7)8/h1-3H3. The Morgan fingerprint density at radius 2 is 1.78 bits per heavy atom. The van der Waals surface area contributed by atoms with Crippen LogP contribution in [0.5, 0.6) is 0 Å². The first kappa shape index (κ1) is 8.44. The third-order valence-electron chi connectivity index (χ3n) is 1.20. The summed E-state index contributed by atoms with van der Waals surface area (Å²) in [4.78, 5) is 0. The molecule has 0 aromatic carbocycles. The molecule has 0 aliphatic rings. The summed E-state index contributed by atoms with van der Waals surface area (Å²) in [6.07, 6.45) is 1.05. The Hall–Kier alpha value is -0.560. The van der Waals surface area contributed by atoms with Crippen LogP contribution in [0.25, 0.3) is 0 Å². The average molecular weight is 147 g/mol. The molecular weight excluding hydrogens is 138 g/mol. The summed E-state index contributed by atoms with van der Waals surface area (Å²) in [6.45, 7) is 2.75. The fraction of sp³-hybridized carbons (Fsp3) is 0.800. The highest BCUT2D eigenvalue weighted by Gasteiger charge is 2.29. The first-order valence-electron chi connectivity index (χ1n) is 2.42. The fourth-order valence-electron chi connectivity index (χ4n) is 0.0829. The van der Waals surface area contributed by atoms with Gasteiger partial charge in [-0.2, -0.15) is 5.26 Å². The number of hydrogen-bond donors (Lipinski definition) is 0. The van der Waals surface area contributed by atoms with Crippen LogP contribution in [-0.2, 0) is 9.84 Å². The van der Waals surface area contributed by atoms with Gasteiger partial charge in [-0.1, -0.05) is 0 Å². The van der Waals surface area contributed by atoms with Crippen molar-refractivity contribution in [3.8, 4) is 6.07 Å². The molecule has 0 rings (SSSR count). The molecule has 0 aromatic heterocycles. The van der Waals surface area contributed by atoms with E-state index in [0.29, 0.717) is 0 Å². The van der Waals surface area contributed by atoms with Gasteiger partial charge in [-0.3, -0.25) is 0 Å². The third kappa shape index (κ3) is 1.68. The molecule has 9 heavy (non-hydrogen) atoms. The molecule has 0 spiro atoms. The summed E-state index contributed by atoms with van der Waals surface area (Å²) in [5.74, 6) is 0. The molecular formula is C5H9NO2S. The molecule has 52 valence electrons. The molecule has 0 fully saturated rings. The minimum Gasteiger partial charge on any atom is -0.227 e. The lowest BCUT2D eigenvalue weighted by molar-refractivity contribution is 0.580. The van der Waals surface area contributed by atoms with E-state index >= 15 is 0 Å². The van der Waals surface area contributed by atoms with Crippen molar-refractivity contribution in [2.75, 3.05) is 6.26 Å². The quantitative estimate of drug-likeness (QED) is 0.537. The van der Waals surface area contributed by atoms with Crippen LogP contribution in [0.1, 0.15) is 13.8 Å². The van der Waals surface area contributed by atoms with E-state index < -0.39 is 14.6 Å². The van der Waals surface area contributed by atoms with Gasteiger partial charge in [-0.05, 0) is 13.8 Å². The van der Waals surface area contributed by atoms with Crippen molar-refractivity contribution in [3.05, 3.63) is 0 Å². The maximum absolute atomic E-state index is 10.7. The van der Waals surface area contributed by atoms with Gasteiger partial charge < -0.3 is 0 Å². The predicted octanol–water partition coefficient (Wildman–Crippen LogP) is 0.333. The molecule has 0 saturated heterocycles. The third-order valence-corrected chi connectivity index (χ3v) is 3.14. The maximum Gasteiger partial charge on any atom is 0.165 e. The molecule has 0 aliphatic heterocycles. The monoisotopic (exact) mass is 147 g/mol. The average Bonchev–Trinajstić information content (AvgIpc) is 1.64. The van der Waals surface area contributed by atoms with Gasteiger partial charge in [0.15, 0.2) is 14.6 Å². The molecule has 3 nitrogen and oxygen atoms in total. The Bertz CT molecular complexity index is 232. The minimum atomic E-state index is -3.21. The van der Waals surface area contributed by atoms with Gasteiger partial charge in [-0.15, -0.1) is 0 Å². The zero-order valence-electron chi connectivity index (χ0n) is 5.67. The summed E-state index contributed by atoms with van der Waals surface area (Å²) in [5.41, 5.74) is 0. The summed E-state index contributed by atoms with van der Waals surface area (Å²) in [6, 6.07) is 1.69. The summed E-state index contributed by atoms with van der Waals surface area (Å²) < 4.78 is 20.1. The van der Waals surface area contributed by atoms with Crippen LogP contribution in [0.2, 0.25) is 0 Å². The number of nitrogens with zero attached hydrogens (tertiary/aromatic N) is 1. The summed E-state index contributed by atoms with van der Waals surface area (Å²) >= 11 is 0. The van der Waals surface area contributed by atoms with Gasteiger partial charge in [0.05, 0.1) is 6.07 Å². The molecule has 4 heteroatoms. The lowest BCUT2D eigenvalue weighted by Crippen LogP contribution is -2.28. The van der Waals surface area contributed by atoms with Crippen LogP contribution in [0.15, 0.2) is 0 Å². The molecule has 0 aliphatic carbocycles. The van der Waals surface area contributed by atoms with E-state index in [1.165, 1.54) is 13.8 Å². The van der Waals surface area contributed by atoms with Crippen molar-refractivity contribution in [2.24, 2.45) is 0 Å². The van der Waals surface area contributed by atoms with Crippen molar-refractivity contribution < 1.29 is 8.42 Å². The second-order valence-electron chi connectivity index (χ2n) is 2.39. The van der Waals surface area contributed by atoms with Crippen LogP contribution in [0, 0.1) is 11.3 Å². The second kappa shape index (κ2) is 1.99. The molecule has 0 amide bonds. The molecule has 0 saturated carbocycles. The smallest absolute Gasteiger partial charge is 0.165 e. The van der Waals surface area contributed by atoms with E-state index in [1.807, 2.05) is 0 Å². The predicted molar refractivity (Wildman–Crippen MR) is 34.5 cm³/mol. The first-order chi connectivity index (χ1) is 3.81.